The molecule has 0 fully saturated rings. The van der Waals surface area contributed by atoms with E-state index in [1.807, 2.05) is 6.07 Å². The van der Waals surface area contributed by atoms with Gasteiger partial charge >= 0.3 is 5.97 Å². The van der Waals surface area contributed by atoms with Gasteiger partial charge in [-0.15, -0.1) is 0 Å². The van der Waals surface area contributed by atoms with Crippen LogP contribution in [0.25, 0.3) is 0 Å². The summed E-state index contributed by atoms with van der Waals surface area (Å²) in [7, 11) is 0. The number of nitriles is 1. The van der Waals surface area contributed by atoms with Crippen LogP contribution in [0.15, 0.2) is 47.3 Å². The van der Waals surface area contributed by atoms with Gasteiger partial charge in [0.1, 0.15) is 17.4 Å². The highest BCUT2D eigenvalue weighted by Gasteiger charge is 2.36. The minimum Gasteiger partial charge on any atom is -0.459 e. The molecule has 2 N–H and O–H groups in total. The van der Waals surface area contributed by atoms with Crippen LogP contribution in [0, 0.1) is 11.3 Å². The summed E-state index contributed by atoms with van der Waals surface area (Å²) in [6.07, 6.45) is 2.93. The maximum absolute atomic E-state index is 12.4. The maximum atomic E-state index is 12.4. The first-order chi connectivity index (χ1) is 10.5. The van der Waals surface area contributed by atoms with E-state index in [-0.39, 0.29) is 23.1 Å². The van der Waals surface area contributed by atoms with E-state index < -0.39 is 11.9 Å². The van der Waals surface area contributed by atoms with Crippen LogP contribution in [-0.4, -0.2) is 17.1 Å². The number of allylic oxidation sites excluding steroid dienone is 2. The zero-order valence-corrected chi connectivity index (χ0v) is 12.7. The molecule has 2 heterocycles. The number of esters is 1. The molecule has 1 aliphatic heterocycles. The molecular formula is C16H17N3O3. The van der Waals surface area contributed by atoms with Gasteiger partial charge in [-0.1, -0.05) is 6.07 Å². The SMILES string of the molecule is CC1=C(C(=O)OC(C)C)C(c2cccnc2)C(C#N)=C(N)O1. The van der Waals surface area contributed by atoms with Crippen LogP contribution in [0.2, 0.25) is 0 Å². The quantitative estimate of drug-likeness (QED) is 0.858. The van der Waals surface area contributed by atoms with E-state index in [0.717, 1.165) is 0 Å². The minimum atomic E-state index is -0.640. The van der Waals surface area contributed by atoms with Crippen molar-refractivity contribution in [2.45, 2.75) is 32.8 Å². The number of hydrogen-bond donors (Lipinski definition) is 1. The van der Waals surface area contributed by atoms with Crippen LogP contribution < -0.4 is 5.73 Å². The lowest BCUT2D eigenvalue weighted by Gasteiger charge is -2.27. The monoisotopic (exact) mass is 299 g/mol. The number of ether oxygens (including phenoxy) is 2. The summed E-state index contributed by atoms with van der Waals surface area (Å²) in [5, 5.41) is 9.40. The fraction of sp³-hybridized carbons (Fsp3) is 0.312. The molecule has 22 heavy (non-hydrogen) atoms. The van der Waals surface area contributed by atoms with E-state index in [0.29, 0.717) is 11.3 Å². The van der Waals surface area contributed by atoms with Crippen molar-refractivity contribution in [2.75, 3.05) is 0 Å². The van der Waals surface area contributed by atoms with Crippen molar-refractivity contribution in [3.05, 3.63) is 52.9 Å². The average molecular weight is 299 g/mol. The first-order valence-corrected chi connectivity index (χ1v) is 6.85. The zero-order valence-electron chi connectivity index (χ0n) is 12.7. The Bertz CT molecular complexity index is 684. The Kier molecular flexibility index (Phi) is 4.47. The van der Waals surface area contributed by atoms with Crippen LogP contribution in [0.3, 0.4) is 0 Å². The van der Waals surface area contributed by atoms with Crippen molar-refractivity contribution in [2.24, 2.45) is 5.73 Å². The molecule has 0 spiro atoms. The molecule has 6 nitrogen and oxygen atoms in total. The summed E-state index contributed by atoms with van der Waals surface area (Å²) in [6, 6.07) is 5.54. The van der Waals surface area contributed by atoms with Gasteiger partial charge in [-0.05, 0) is 32.4 Å². The Morgan fingerprint density at radius 3 is 2.82 bits per heavy atom. The smallest absolute Gasteiger partial charge is 0.338 e. The fourth-order valence-electron chi connectivity index (χ4n) is 2.30. The summed E-state index contributed by atoms with van der Waals surface area (Å²) in [5.74, 6) is -0.841. The third kappa shape index (κ3) is 2.93. The zero-order chi connectivity index (χ0) is 16.3. The number of nitrogens with zero attached hydrogens (tertiary/aromatic N) is 2. The van der Waals surface area contributed by atoms with E-state index in [9.17, 15) is 10.1 Å². The molecule has 6 heteroatoms. The van der Waals surface area contributed by atoms with Gasteiger partial charge < -0.3 is 15.2 Å². The highest BCUT2D eigenvalue weighted by atomic mass is 16.5. The molecule has 0 aromatic carbocycles. The number of pyridine rings is 1. The highest BCUT2D eigenvalue weighted by Crippen LogP contribution is 2.39. The van der Waals surface area contributed by atoms with Crippen molar-refractivity contribution in [1.82, 2.24) is 4.98 Å². The lowest BCUT2D eigenvalue weighted by molar-refractivity contribution is -0.143. The van der Waals surface area contributed by atoms with Gasteiger partial charge in [0.2, 0.25) is 5.88 Å². The van der Waals surface area contributed by atoms with E-state index in [4.69, 9.17) is 15.2 Å². The van der Waals surface area contributed by atoms with Crippen molar-refractivity contribution in [3.63, 3.8) is 0 Å². The van der Waals surface area contributed by atoms with E-state index in [1.165, 1.54) is 0 Å². The molecule has 0 saturated carbocycles. The third-order valence-corrected chi connectivity index (χ3v) is 3.19. The van der Waals surface area contributed by atoms with Crippen LogP contribution in [0.1, 0.15) is 32.3 Å². The highest BCUT2D eigenvalue weighted by molar-refractivity contribution is 5.92. The average Bonchev–Trinajstić information content (AvgIpc) is 2.46. The summed E-state index contributed by atoms with van der Waals surface area (Å²) in [6.45, 7) is 5.14. The molecule has 1 atom stereocenters. The second-order valence-electron chi connectivity index (χ2n) is 5.14. The Hall–Kier alpha value is -2.81. The lowest BCUT2D eigenvalue weighted by atomic mass is 9.84. The van der Waals surface area contributed by atoms with E-state index in [2.05, 4.69) is 4.98 Å². The van der Waals surface area contributed by atoms with E-state index >= 15 is 0 Å². The molecule has 0 bridgehead atoms. The molecular weight excluding hydrogens is 282 g/mol. The molecule has 114 valence electrons. The molecule has 1 aliphatic rings. The van der Waals surface area contributed by atoms with Gasteiger partial charge in [-0.2, -0.15) is 5.26 Å². The van der Waals surface area contributed by atoms with Crippen molar-refractivity contribution < 1.29 is 14.3 Å². The second-order valence-corrected chi connectivity index (χ2v) is 5.14. The summed E-state index contributed by atoms with van der Waals surface area (Å²) >= 11 is 0. The standard InChI is InChI=1S/C16H17N3O3/c1-9(2)21-16(20)13-10(3)22-15(18)12(7-17)14(13)11-5-4-6-19-8-11/h4-6,8-9,14H,18H2,1-3H3. The summed E-state index contributed by atoms with van der Waals surface area (Å²) in [4.78, 5) is 16.5. The maximum Gasteiger partial charge on any atom is 0.338 e. The molecule has 0 amide bonds. The molecule has 0 aliphatic carbocycles. The molecule has 0 saturated heterocycles. The van der Waals surface area contributed by atoms with Gasteiger partial charge in [0.05, 0.1) is 17.6 Å². The lowest BCUT2D eigenvalue weighted by Crippen LogP contribution is -2.26. The number of aromatic nitrogens is 1. The second kappa shape index (κ2) is 6.31. The van der Waals surface area contributed by atoms with Crippen molar-refractivity contribution in [1.29, 1.82) is 5.26 Å². The normalized spacial score (nSPS) is 18.0. The molecule has 1 aromatic heterocycles. The van der Waals surface area contributed by atoms with Crippen molar-refractivity contribution in [3.8, 4) is 6.07 Å². The molecule has 1 unspecified atom stereocenters. The minimum absolute atomic E-state index is 0.00468. The van der Waals surface area contributed by atoms with Crippen LogP contribution in [-0.2, 0) is 14.3 Å². The topological polar surface area (TPSA) is 98.2 Å². The third-order valence-electron chi connectivity index (χ3n) is 3.19. The van der Waals surface area contributed by atoms with Gasteiger partial charge in [-0.3, -0.25) is 4.98 Å². The number of rotatable bonds is 3. The number of nitrogens with two attached hydrogens (primary N) is 1. The van der Waals surface area contributed by atoms with Crippen molar-refractivity contribution >= 4 is 5.97 Å². The number of carbonyl (C=O) groups excluding carboxylic acids is 1. The Balaban J connectivity index is 2.56. The van der Waals surface area contributed by atoms with E-state index in [1.54, 1.807) is 45.3 Å². The van der Waals surface area contributed by atoms with Gasteiger partial charge in [0.15, 0.2) is 0 Å². The summed E-state index contributed by atoms with van der Waals surface area (Å²) in [5.41, 5.74) is 6.93. The van der Waals surface area contributed by atoms with Gasteiger partial charge in [0, 0.05) is 12.4 Å². The Labute approximate surface area is 128 Å². The van der Waals surface area contributed by atoms with Crippen LogP contribution >= 0.6 is 0 Å². The van der Waals surface area contributed by atoms with Gasteiger partial charge in [0.25, 0.3) is 0 Å². The Morgan fingerprint density at radius 1 is 1.55 bits per heavy atom. The number of hydrogen-bond acceptors (Lipinski definition) is 6. The Morgan fingerprint density at radius 2 is 2.27 bits per heavy atom. The fourth-order valence-corrected chi connectivity index (χ4v) is 2.30. The van der Waals surface area contributed by atoms with Gasteiger partial charge in [-0.25, -0.2) is 4.79 Å². The largest absolute Gasteiger partial charge is 0.459 e. The van der Waals surface area contributed by atoms with Crippen LogP contribution in [0.4, 0.5) is 0 Å². The number of carbonyl (C=O) groups is 1. The first kappa shape index (κ1) is 15.6. The first-order valence-electron chi connectivity index (χ1n) is 6.85. The molecule has 1 aromatic rings. The summed E-state index contributed by atoms with van der Waals surface area (Å²) < 4.78 is 10.6. The predicted octanol–water partition coefficient (Wildman–Crippen LogP) is 2.11. The van der Waals surface area contributed by atoms with Crippen LogP contribution in [0.5, 0.6) is 0 Å². The molecule has 0 radical (unpaired) electrons. The predicted molar refractivity (Wildman–Crippen MR) is 78.8 cm³/mol. The molecule has 2 rings (SSSR count).